The number of halogens is 1. The summed E-state index contributed by atoms with van der Waals surface area (Å²) in [6.07, 6.45) is 6.68. The van der Waals surface area contributed by atoms with E-state index in [1.165, 1.54) is 47.8 Å². The van der Waals surface area contributed by atoms with Crippen LogP contribution in [0.2, 0.25) is 0 Å². The minimum atomic E-state index is -2.69. The molecule has 1 fully saturated rings. The molecular formula is C24H26BrP. The number of rotatable bonds is 5. The molecule has 1 saturated carbocycles. The molecule has 26 heavy (non-hydrogen) atoms. The minimum absolute atomic E-state index is 0.785. The first-order chi connectivity index (χ1) is 12.7. The number of hydrogen-bond donors (Lipinski definition) is 0. The zero-order valence-electron chi connectivity index (χ0n) is 15.1. The average molecular weight is 425 g/mol. The molecule has 2 heteroatoms. The molecule has 4 rings (SSSR count). The summed E-state index contributed by atoms with van der Waals surface area (Å²) in [5, 5.41) is 1.65. The van der Waals surface area contributed by atoms with Crippen LogP contribution in [0.4, 0.5) is 0 Å². The van der Waals surface area contributed by atoms with Crippen molar-refractivity contribution in [1.29, 1.82) is 0 Å². The van der Waals surface area contributed by atoms with E-state index in [-0.39, 0.29) is 0 Å². The summed E-state index contributed by atoms with van der Waals surface area (Å²) in [7, 11) is 0. The Labute approximate surface area is 165 Å². The molecule has 0 amide bonds. The maximum absolute atomic E-state index is 4.56. The predicted molar refractivity (Wildman–Crippen MR) is 121 cm³/mol. The van der Waals surface area contributed by atoms with Crippen molar-refractivity contribution in [2.75, 3.05) is 6.16 Å². The monoisotopic (exact) mass is 424 g/mol. The molecule has 0 heterocycles. The third-order valence-electron chi connectivity index (χ3n) is 5.96. The van der Waals surface area contributed by atoms with E-state index in [1.54, 1.807) is 0 Å². The van der Waals surface area contributed by atoms with Crippen LogP contribution in [0.15, 0.2) is 91.0 Å². The van der Waals surface area contributed by atoms with Crippen molar-refractivity contribution in [1.82, 2.24) is 0 Å². The molecule has 0 aliphatic heterocycles. The van der Waals surface area contributed by atoms with Gasteiger partial charge in [-0.25, -0.2) is 0 Å². The van der Waals surface area contributed by atoms with Crippen LogP contribution in [-0.2, 0) is 0 Å². The molecule has 0 radical (unpaired) electrons. The van der Waals surface area contributed by atoms with Gasteiger partial charge in [0.05, 0.1) is 0 Å². The van der Waals surface area contributed by atoms with Crippen LogP contribution in [0.1, 0.15) is 25.7 Å². The van der Waals surface area contributed by atoms with Gasteiger partial charge in [-0.05, 0) is 0 Å². The zero-order valence-corrected chi connectivity index (χ0v) is 17.6. The average Bonchev–Trinajstić information content (AvgIpc) is 3.23. The van der Waals surface area contributed by atoms with Gasteiger partial charge in [0.15, 0.2) is 0 Å². The molecule has 0 saturated heterocycles. The molecule has 0 spiro atoms. The van der Waals surface area contributed by atoms with E-state index in [1.807, 2.05) is 0 Å². The molecule has 1 aliphatic carbocycles. The van der Waals surface area contributed by atoms with E-state index >= 15 is 0 Å². The number of hydrogen-bond acceptors (Lipinski definition) is 0. The molecule has 0 aromatic heterocycles. The van der Waals surface area contributed by atoms with Gasteiger partial charge in [0, 0.05) is 0 Å². The van der Waals surface area contributed by atoms with Crippen molar-refractivity contribution in [3.8, 4) is 0 Å². The van der Waals surface area contributed by atoms with Crippen molar-refractivity contribution in [2.45, 2.75) is 25.7 Å². The fourth-order valence-corrected chi connectivity index (χ4v) is 13.3. The van der Waals surface area contributed by atoms with Crippen LogP contribution < -0.4 is 15.9 Å². The first-order valence-electron chi connectivity index (χ1n) is 9.61. The normalized spacial score (nSPS) is 16.9. The van der Waals surface area contributed by atoms with Gasteiger partial charge in [-0.3, -0.25) is 0 Å². The van der Waals surface area contributed by atoms with E-state index in [0.29, 0.717) is 0 Å². The molecular weight excluding hydrogens is 399 g/mol. The van der Waals surface area contributed by atoms with Crippen molar-refractivity contribution >= 4 is 36.7 Å². The Morgan fingerprint density at radius 1 is 0.615 bits per heavy atom. The van der Waals surface area contributed by atoms with Crippen LogP contribution in [0.5, 0.6) is 0 Å². The van der Waals surface area contributed by atoms with Gasteiger partial charge in [-0.2, -0.15) is 0 Å². The summed E-state index contributed by atoms with van der Waals surface area (Å²) in [5.74, 6) is 0.785. The molecule has 134 valence electrons. The summed E-state index contributed by atoms with van der Waals surface area (Å²) >= 11 is 4.56. The molecule has 1 aliphatic rings. The number of benzene rings is 3. The van der Waals surface area contributed by atoms with E-state index in [0.717, 1.165) is 5.92 Å². The van der Waals surface area contributed by atoms with Crippen LogP contribution in [0.3, 0.4) is 0 Å². The first-order valence-corrected chi connectivity index (χ1v) is 14.1. The summed E-state index contributed by atoms with van der Waals surface area (Å²) in [5.41, 5.74) is 0. The summed E-state index contributed by atoms with van der Waals surface area (Å²) in [6.45, 7) is 0. The van der Waals surface area contributed by atoms with Gasteiger partial charge >= 0.3 is 165 Å². The molecule has 0 bridgehead atoms. The van der Waals surface area contributed by atoms with Gasteiger partial charge in [-0.15, -0.1) is 0 Å². The predicted octanol–water partition coefficient (Wildman–Crippen LogP) is 6.02. The Bertz CT molecular complexity index is 740. The Morgan fingerprint density at radius 2 is 0.962 bits per heavy atom. The first kappa shape index (κ1) is 18.0. The van der Waals surface area contributed by atoms with Crippen LogP contribution >= 0.6 is 20.8 Å². The summed E-state index contributed by atoms with van der Waals surface area (Å²) in [4.78, 5) is 0. The van der Waals surface area contributed by atoms with Gasteiger partial charge in [-0.1, -0.05) is 0 Å². The molecule has 3 aromatic carbocycles. The van der Waals surface area contributed by atoms with Gasteiger partial charge < -0.3 is 0 Å². The molecule has 0 atom stereocenters. The van der Waals surface area contributed by atoms with Gasteiger partial charge in [0.1, 0.15) is 0 Å². The van der Waals surface area contributed by atoms with Crippen molar-refractivity contribution in [2.24, 2.45) is 5.92 Å². The van der Waals surface area contributed by atoms with Crippen LogP contribution in [-0.4, -0.2) is 6.16 Å². The van der Waals surface area contributed by atoms with Crippen molar-refractivity contribution in [3.05, 3.63) is 91.0 Å². The van der Waals surface area contributed by atoms with Crippen LogP contribution in [0, 0.1) is 5.92 Å². The summed E-state index contributed by atoms with van der Waals surface area (Å²) < 4.78 is 0. The Kier molecular flexibility index (Phi) is 5.04. The van der Waals surface area contributed by atoms with E-state index in [2.05, 4.69) is 106 Å². The van der Waals surface area contributed by atoms with Crippen LogP contribution in [0.25, 0.3) is 0 Å². The molecule has 0 N–H and O–H groups in total. The topological polar surface area (TPSA) is 0 Å². The van der Waals surface area contributed by atoms with Gasteiger partial charge in [0.2, 0.25) is 0 Å². The second-order valence-corrected chi connectivity index (χ2v) is 16.5. The SMILES string of the molecule is BrP(CC1CCCC1)(c1ccccc1)(c1ccccc1)c1ccccc1. The third kappa shape index (κ3) is 2.96. The van der Waals surface area contributed by atoms with E-state index in [4.69, 9.17) is 0 Å². The van der Waals surface area contributed by atoms with Crippen molar-refractivity contribution < 1.29 is 0 Å². The standard InChI is InChI=1S/C24H26BrP/c25-26(20-21-12-10-11-13-21,22-14-4-1-5-15-22,23-16-6-2-7-17-23)24-18-8-3-9-19-24/h1-9,14-19,21H,10-13,20H2. The second kappa shape index (κ2) is 7.29. The Hall–Kier alpha value is -1.43. The zero-order chi connectivity index (χ0) is 17.9. The quantitative estimate of drug-likeness (QED) is 0.439. The Morgan fingerprint density at radius 3 is 1.31 bits per heavy atom. The fraction of sp³-hybridized carbons (Fsp3) is 0.250. The van der Waals surface area contributed by atoms with E-state index < -0.39 is 5.31 Å². The maximum atomic E-state index is 4.56. The third-order valence-corrected chi connectivity index (χ3v) is 15.8. The van der Waals surface area contributed by atoms with Gasteiger partial charge in [0.25, 0.3) is 0 Å². The second-order valence-electron chi connectivity index (χ2n) is 7.52. The molecule has 0 unspecified atom stereocenters. The molecule has 0 nitrogen and oxygen atoms in total. The van der Waals surface area contributed by atoms with E-state index in [9.17, 15) is 0 Å². The molecule has 3 aromatic rings. The summed E-state index contributed by atoms with van der Waals surface area (Å²) in [6, 6.07) is 33.6. The van der Waals surface area contributed by atoms with Crippen molar-refractivity contribution in [3.63, 3.8) is 0 Å². The Balaban J connectivity index is 2.03. The fourth-order valence-electron chi connectivity index (χ4n) is 4.66.